The minimum atomic E-state index is -0.315. The number of anilines is 1. The van der Waals surface area contributed by atoms with Gasteiger partial charge in [0.15, 0.2) is 0 Å². The van der Waals surface area contributed by atoms with E-state index in [0.29, 0.717) is 17.1 Å². The summed E-state index contributed by atoms with van der Waals surface area (Å²) in [5.74, 6) is 0.290. The van der Waals surface area contributed by atoms with Crippen molar-refractivity contribution >= 4 is 16.7 Å². The van der Waals surface area contributed by atoms with Gasteiger partial charge in [-0.2, -0.15) is 0 Å². The Morgan fingerprint density at radius 3 is 2.52 bits per heavy atom. The van der Waals surface area contributed by atoms with Gasteiger partial charge in [0.25, 0.3) is 0 Å². The van der Waals surface area contributed by atoms with Crippen molar-refractivity contribution in [3.63, 3.8) is 0 Å². The van der Waals surface area contributed by atoms with E-state index >= 15 is 0 Å². The highest BCUT2D eigenvalue weighted by atomic mass is 19.1. The SMILES string of the molecule is CC(C)(C)n1c(-c2cc(N)ccc2F)nc2ccccc21. The number of aromatic nitrogens is 2. The maximum absolute atomic E-state index is 14.2. The zero-order valence-corrected chi connectivity index (χ0v) is 12.4. The lowest BCUT2D eigenvalue weighted by molar-refractivity contribution is 0.412. The number of rotatable bonds is 1. The number of hydrogen-bond acceptors (Lipinski definition) is 2. The molecule has 1 heterocycles. The van der Waals surface area contributed by atoms with Crippen LogP contribution in [0, 0.1) is 5.82 Å². The molecule has 0 fully saturated rings. The van der Waals surface area contributed by atoms with Crippen LogP contribution in [0.15, 0.2) is 42.5 Å². The lowest BCUT2D eigenvalue weighted by atomic mass is 10.1. The van der Waals surface area contributed by atoms with Crippen molar-refractivity contribution < 1.29 is 4.39 Å². The van der Waals surface area contributed by atoms with Gasteiger partial charge in [0.05, 0.1) is 16.6 Å². The van der Waals surface area contributed by atoms with Gasteiger partial charge in [-0.15, -0.1) is 0 Å². The first-order valence-corrected chi connectivity index (χ1v) is 6.91. The van der Waals surface area contributed by atoms with E-state index in [0.717, 1.165) is 11.0 Å². The Balaban J connectivity index is 2.39. The van der Waals surface area contributed by atoms with Crippen LogP contribution in [0.25, 0.3) is 22.4 Å². The van der Waals surface area contributed by atoms with Crippen LogP contribution in [0.2, 0.25) is 0 Å². The van der Waals surface area contributed by atoms with Crippen molar-refractivity contribution in [3.05, 3.63) is 48.3 Å². The maximum atomic E-state index is 14.2. The van der Waals surface area contributed by atoms with Gasteiger partial charge in [-0.1, -0.05) is 12.1 Å². The molecule has 2 aromatic carbocycles. The van der Waals surface area contributed by atoms with E-state index in [1.54, 1.807) is 12.1 Å². The minimum Gasteiger partial charge on any atom is -0.399 e. The second-order valence-corrected chi connectivity index (χ2v) is 6.17. The lowest BCUT2D eigenvalue weighted by Gasteiger charge is -2.25. The largest absolute Gasteiger partial charge is 0.399 e. The van der Waals surface area contributed by atoms with E-state index in [1.807, 2.05) is 24.3 Å². The third kappa shape index (κ3) is 2.27. The predicted molar refractivity (Wildman–Crippen MR) is 84.5 cm³/mol. The number of imidazole rings is 1. The Morgan fingerprint density at radius 1 is 1.10 bits per heavy atom. The van der Waals surface area contributed by atoms with Crippen LogP contribution in [-0.4, -0.2) is 9.55 Å². The van der Waals surface area contributed by atoms with Crippen LogP contribution >= 0.6 is 0 Å². The molecule has 3 aromatic rings. The first-order valence-electron chi connectivity index (χ1n) is 6.91. The van der Waals surface area contributed by atoms with Gasteiger partial charge >= 0.3 is 0 Å². The first-order chi connectivity index (χ1) is 9.88. The molecule has 1 aromatic heterocycles. The van der Waals surface area contributed by atoms with Gasteiger partial charge in [-0.3, -0.25) is 0 Å². The fourth-order valence-corrected chi connectivity index (χ4v) is 2.60. The van der Waals surface area contributed by atoms with Gasteiger partial charge in [-0.05, 0) is 51.1 Å². The Labute approximate surface area is 123 Å². The van der Waals surface area contributed by atoms with Crippen molar-refractivity contribution in [1.29, 1.82) is 0 Å². The Morgan fingerprint density at radius 2 is 1.81 bits per heavy atom. The second kappa shape index (κ2) is 4.58. The standard InChI is InChI=1S/C17H18FN3/c1-17(2,3)21-15-7-5-4-6-14(15)20-16(21)12-10-11(19)8-9-13(12)18/h4-10H,19H2,1-3H3. The third-order valence-corrected chi connectivity index (χ3v) is 3.46. The summed E-state index contributed by atoms with van der Waals surface area (Å²) in [6.07, 6.45) is 0. The molecule has 0 spiro atoms. The van der Waals surface area contributed by atoms with Crippen LogP contribution < -0.4 is 5.73 Å². The van der Waals surface area contributed by atoms with E-state index in [2.05, 4.69) is 30.3 Å². The first kappa shape index (κ1) is 13.6. The van der Waals surface area contributed by atoms with Crippen LogP contribution in [0.1, 0.15) is 20.8 Å². The molecule has 0 aliphatic heterocycles. The number of nitrogens with zero attached hydrogens (tertiary/aromatic N) is 2. The highest BCUT2D eigenvalue weighted by molar-refractivity contribution is 5.81. The molecule has 4 heteroatoms. The molecule has 3 rings (SSSR count). The fourth-order valence-electron chi connectivity index (χ4n) is 2.60. The van der Waals surface area contributed by atoms with E-state index < -0.39 is 0 Å². The topological polar surface area (TPSA) is 43.8 Å². The van der Waals surface area contributed by atoms with Gasteiger partial charge in [0, 0.05) is 11.2 Å². The highest BCUT2D eigenvalue weighted by Gasteiger charge is 2.23. The van der Waals surface area contributed by atoms with Gasteiger partial charge in [0.2, 0.25) is 0 Å². The minimum absolute atomic E-state index is 0.220. The van der Waals surface area contributed by atoms with Crippen molar-refractivity contribution in [2.24, 2.45) is 0 Å². The smallest absolute Gasteiger partial charge is 0.144 e. The molecular weight excluding hydrogens is 265 g/mol. The molecule has 0 aliphatic carbocycles. The van der Waals surface area contributed by atoms with E-state index in [9.17, 15) is 4.39 Å². The summed E-state index contributed by atoms with van der Waals surface area (Å²) in [5.41, 5.74) is 8.39. The molecule has 3 nitrogen and oxygen atoms in total. The molecule has 21 heavy (non-hydrogen) atoms. The van der Waals surface area contributed by atoms with Crippen LogP contribution in [0.4, 0.5) is 10.1 Å². The molecule has 2 N–H and O–H groups in total. The Bertz CT molecular complexity index is 813. The van der Waals surface area contributed by atoms with Crippen LogP contribution in [0.5, 0.6) is 0 Å². The maximum Gasteiger partial charge on any atom is 0.144 e. The van der Waals surface area contributed by atoms with Gasteiger partial charge in [0.1, 0.15) is 11.6 Å². The van der Waals surface area contributed by atoms with Crippen molar-refractivity contribution in [1.82, 2.24) is 9.55 Å². The molecule has 0 saturated heterocycles. The monoisotopic (exact) mass is 283 g/mol. The summed E-state index contributed by atoms with van der Waals surface area (Å²) in [6.45, 7) is 6.23. The zero-order chi connectivity index (χ0) is 15.2. The number of nitrogen functional groups attached to an aromatic ring is 1. The average Bonchev–Trinajstić information content (AvgIpc) is 2.80. The van der Waals surface area contributed by atoms with Crippen molar-refractivity contribution in [2.75, 3.05) is 5.73 Å². The van der Waals surface area contributed by atoms with Gasteiger partial charge in [-0.25, -0.2) is 9.37 Å². The van der Waals surface area contributed by atoms with E-state index in [-0.39, 0.29) is 11.4 Å². The highest BCUT2D eigenvalue weighted by Crippen LogP contribution is 2.33. The summed E-state index contributed by atoms with van der Waals surface area (Å²) < 4.78 is 16.3. The third-order valence-electron chi connectivity index (χ3n) is 3.46. The molecule has 108 valence electrons. The number of nitrogens with two attached hydrogens (primary N) is 1. The fraction of sp³-hybridized carbons (Fsp3) is 0.235. The molecule has 0 atom stereocenters. The predicted octanol–water partition coefficient (Wildman–Crippen LogP) is 4.18. The molecule has 0 amide bonds. The zero-order valence-electron chi connectivity index (χ0n) is 12.4. The van der Waals surface area contributed by atoms with E-state index in [4.69, 9.17) is 5.73 Å². The molecule has 0 radical (unpaired) electrons. The summed E-state index contributed by atoms with van der Waals surface area (Å²) in [7, 11) is 0. The normalized spacial score (nSPS) is 12.0. The number of para-hydroxylation sites is 2. The summed E-state index contributed by atoms with van der Waals surface area (Å²) in [5, 5.41) is 0. The molecule has 0 unspecified atom stereocenters. The van der Waals surface area contributed by atoms with Crippen molar-refractivity contribution in [2.45, 2.75) is 26.3 Å². The molecule has 0 aliphatic rings. The summed E-state index contributed by atoms with van der Waals surface area (Å²) in [6, 6.07) is 12.4. The average molecular weight is 283 g/mol. The van der Waals surface area contributed by atoms with Crippen molar-refractivity contribution in [3.8, 4) is 11.4 Å². The van der Waals surface area contributed by atoms with Crippen LogP contribution in [0.3, 0.4) is 0 Å². The number of benzene rings is 2. The molecule has 0 saturated carbocycles. The Hall–Kier alpha value is -2.36. The molecule has 0 bridgehead atoms. The number of hydrogen-bond donors (Lipinski definition) is 1. The van der Waals surface area contributed by atoms with E-state index in [1.165, 1.54) is 6.07 Å². The second-order valence-electron chi connectivity index (χ2n) is 6.17. The quantitative estimate of drug-likeness (QED) is 0.681. The lowest BCUT2D eigenvalue weighted by Crippen LogP contribution is -2.22. The summed E-state index contributed by atoms with van der Waals surface area (Å²) >= 11 is 0. The molecular formula is C17H18FN3. The number of fused-ring (bicyclic) bond motifs is 1. The number of halogens is 1. The van der Waals surface area contributed by atoms with Crippen LogP contribution in [-0.2, 0) is 5.54 Å². The van der Waals surface area contributed by atoms with Gasteiger partial charge < -0.3 is 10.3 Å². The Kier molecular flexibility index (Phi) is 2.97. The summed E-state index contributed by atoms with van der Waals surface area (Å²) in [4.78, 5) is 4.62.